The van der Waals surface area contributed by atoms with Crippen molar-refractivity contribution in [3.05, 3.63) is 22.8 Å². The van der Waals surface area contributed by atoms with Crippen LogP contribution < -0.4 is 4.90 Å². The van der Waals surface area contributed by atoms with E-state index in [-0.39, 0.29) is 0 Å². The van der Waals surface area contributed by atoms with Crippen molar-refractivity contribution in [1.29, 1.82) is 5.26 Å². The first-order valence-corrected chi connectivity index (χ1v) is 7.03. The minimum absolute atomic E-state index is 0.422. The number of aliphatic hydroxyl groups is 1. The molecule has 20 heavy (non-hydrogen) atoms. The maximum absolute atomic E-state index is 9.84. The van der Waals surface area contributed by atoms with Gasteiger partial charge in [-0.3, -0.25) is 4.90 Å². The third-order valence-corrected chi connectivity index (χ3v) is 3.65. The van der Waals surface area contributed by atoms with Crippen LogP contribution in [0.5, 0.6) is 0 Å². The number of β-amino-alcohol motifs (C(OH)–C–C–N with tert-alkyl or cyclic N) is 1. The molecule has 1 saturated heterocycles. The van der Waals surface area contributed by atoms with Crippen LogP contribution in [0.25, 0.3) is 0 Å². The quantitative estimate of drug-likeness (QED) is 0.915. The fourth-order valence-corrected chi connectivity index (χ4v) is 2.68. The van der Waals surface area contributed by atoms with Crippen molar-refractivity contribution in [2.24, 2.45) is 0 Å². The van der Waals surface area contributed by atoms with Crippen LogP contribution in [-0.4, -0.2) is 53.3 Å². The number of hydrogen-bond donors (Lipinski definition) is 1. The van der Waals surface area contributed by atoms with Gasteiger partial charge in [-0.15, -0.1) is 0 Å². The molecule has 0 aromatic carbocycles. The summed E-state index contributed by atoms with van der Waals surface area (Å²) < 4.78 is 0. The highest BCUT2D eigenvalue weighted by Crippen LogP contribution is 2.27. The maximum atomic E-state index is 9.84. The fraction of sp³-hybridized carbons (Fsp3) is 0.571. The highest BCUT2D eigenvalue weighted by Gasteiger charge is 2.24. The topological polar surface area (TPSA) is 63.4 Å². The molecule has 0 saturated carbocycles. The second kappa shape index (κ2) is 5.96. The molecule has 2 heterocycles. The number of nitrogens with zero attached hydrogens (tertiary/aromatic N) is 4. The molecule has 0 spiro atoms. The molecule has 1 N–H and O–H groups in total. The molecule has 0 amide bonds. The number of aromatic nitrogens is 1. The van der Waals surface area contributed by atoms with Crippen LogP contribution in [0.2, 0.25) is 5.02 Å². The maximum Gasteiger partial charge on any atom is 0.148 e. The summed E-state index contributed by atoms with van der Waals surface area (Å²) >= 11 is 6.20. The van der Waals surface area contributed by atoms with Gasteiger partial charge in [-0.1, -0.05) is 11.6 Å². The lowest BCUT2D eigenvalue weighted by Gasteiger charge is -2.38. The van der Waals surface area contributed by atoms with Gasteiger partial charge in [0.15, 0.2) is 0 Å². The van der Waals surface area contributed by atoms with Gasteiger partial charge >= 0.3 is 0 Å². The van der Waals surface area contributed by atoms with Crippen molar-refractivity contribution in [3.8, 4) is 6.07 Å². The Labute approximate surface area is 124 Å². The minimum atomic E-state index is -0.682. The van der Waals surface area contributed by atoms with E-state index in [1.165, 1.54) is 0 Å². The Morgan fingerprint density at radius 3 is 2.60 bits per heavy atom. The van der Waals surface area contributed by atoms with Crippen molar-refractivity contribution < 1.29 is 5.11 Å². The van der Waals surface area contributed by atoms with Crippen molar-refractivity contribution in [2.75, 3.05) is 37.6 Å². The summed E-state index contributed by atoms with van der Waals surface area (Å²) in [6, 6.07) is 3.69. The zero-order chi connectivity index (χ0) is 14.8. The number of nitriles is 1. The molecule has 6 heteroatoms. The van der Waals surface area contributed by atoms with Gasteiger partial charge in [-0.2, -0.15) is 5.26 Å². The molecule has 1 aliphatic rings. The van der Waals surface area contributed by atoms with Gasteiger partial charge in [0.05, 0.1) is 11.2 Å². The van der Waals surface area contributed by atoms with E-state index in [1.807, 2.05) is 13.8 Å². The molecule has 0 aliphatic carbocycles. The van der Waals surface area contributed by atoms with E-state index in [1.54, 1.807) is 12.3 Å². The highest BCUT2D eigenvalue weighted by atomic mass is 35.5. The molecule has 1 aliphatic heterocycles. The second-order valence-corrected chi connectivity index (χ2v) is 6.06. The predicted molar refractivity (Wildman–Crippen MR) is 78.9 cm³/mol. The molecule has 0 bridgehead atoms. The summed E-state index contributed by atoms with van der Waals surface area (Å²) in [6.45, 7) is 7.55. The van der Waals surface area contributed by atoms with E-state index < -0.39 is 5.60 Å². The van der Waals surface area contributed by atoms with Gasteiger partial charge < -0.3 is 10.0 Å². The van der Waals surface area contributed by atoms with E-state index >= 15 is 0 Å². The van der Waals surface area contributed by atoms with Gasteiger partial charge in [-0.05, 0) is 19.9 Å². The number of anilines is 1. The van der Waals surface area contributed by atoms with Crippen LogP contribution >= 0.6 is 11.6 Å². The van der Waals surface area contributed by atoms with Crippen molar-refractivity contribution in [3.63, 3.8) is 0 Å². The lowest BCUT2D eigenvalue weighted by atomic mass is 10.1. The Kier molecular flexibility index (Phi) is 4.48. The Bertz CT molecular complexity index is 513. The minimum Gasteiger partial charge on any atom is -0.389 e. The van der Waals surface area contributed by atoms with Crippen LogP contribution in [0.3, 0.4) is 0 Å². The molecule has 5 nitrogen and oxygen atoms in total. The number of hydrogen-bond acceptors (Lipinski definition) is 5. The summed E-state index contributed by atoms with van der Waals surface area (Å²) in [6.07, 6.45) is 1.61. The summed E-state index contributed by atoms with van der Waals surface area (Å²) in [5.74, 6) is 0.675. The van der Waals surface area contributed by atoms with Gasteiger partial charge in [0.2, 0.25) is 0 Å². The number of halogens is 1. The van der Waals surface area contributed by atoms with Crippen molar-refractivity contribution in [1.82, 2.24) is 9.88 Å². The number of pyridine rings is 1. The van der Waals surface area contributed by atoms with Gasteiger partial charge in [-0.25, -0.2) is 4.98 Å². The zero-order valence-corrected chi connectivity index (χ0v) is 12.6. The smallest absolute Gasteiger partial charge is 0.148 e. The van der Waals surface area contributed by atoms with Crippen LogP contribution in [0.1, 0.15) is 19.4 Å². The van der Waals surface area contributed by atoms with E-state index in [0.29, 0.717) is 22.9 Å². The summed E-state index contributed by atoms with van der Waals surface area (Å²) in [4.78, 5) is 8.59. The van der Waals surface area contributed by atoms with Crippen molar-refractivity contribution in [2.45, 2.75) is 19.4 Å². The largest absolute Gasteiger partial charge is 0.389 e. The first-order chi connectivity index (χ1) is 9.40. The molecule has 0 atom stereocenters. The number of piperazine rings is 1. The normalized spacial score (nSPS) is 17.1. The standard InChI is InChI=1S/C14H19ClN4O/c1-14(2,20)10-18-5-7-19(8-6-18)13-12(15)11(9-16)3-4-17-13/h3-4,20H,5-8,10H2,1-2H3. The summed E-state index contributed by atoms with van der Waals surface area (Å²) in [5, 5.41) is 19.3. The van der Waals surface area contributed by atoms with Crippen LogP contribution in [0.15, 0.2) is 12.3 Å². The third kappa shape index (κ3) is 3.60. The molecule has 108 valence electrons. The van der Waals surface area contributed by atoms with Crippen LogP contribution in [-0.2, 0) is 0 Å². The molecule has 1 aromatic heterocycles. The number of rotatable bonds is 3. The molecular weight excluding hydrogens is 276 g/mol. The van der Waals surface area contributed by atoms with E-state index in [2.05, 4.69) is 20.9 Å². The second-order valence-electron chi connectivity index (χ2n) is 5.68. The molecule has 0 unspecified atom stereocenters. The highest BCUT2D eigenvalue weighted by molar-refractivity contribution is 6.34. The first-order valence-electron chi connectivity index (χ1n) is 6.65. The van der Waals surface area contributed by atoms with Gasteiger partial charge in [0.25, 0.3) is 0 Å². The monoisotopic (exact) mass is 294 g/mol. The van der Waals surface area contributed by atoms with E-state index in [4.69, 9.17) is 16.9 Å². The lowest BCUT2D eigenvalue weighted by Crippen LogP contribution is -2.50. The third-order valence-electron chi connectivity index (χ3n) is 3.27. The van der Waals surface area contributed by atoms with Gasteiger partial charge in [0.1, 0.15) is 16.9 Å². The fourth-order valence-electron chi connectivity index (χ4n) is 2.40. The van der Waals surface area contributed by atoms with E-state index in [0.717, 1.165) is 26.2 Å². The van der Waals surface area contributed by atoms with Crippen molar-refractivity contribution >= 4 is 17.4 Å². The molecule has 0 radical (unpaired) electrons. The van der Waals surface area contributed by atoms with Gasteiger partial charge in [0, 0.05) is 38.9 Å². The SMILES string of the molecule is CC(C)(O)CN1CCN(c2nccc(C#N)c2Cl)CC1. The summed E-state index contributed by atoms with van der Waals surface area (Å²) in [5.41, 5.74) is -0.228. The lowest BCUT2D eigenvalue weighted by molar-refractivity contribution is 0.0344. The first kappa shape index (κ1) is 15.0. The van der Waals surface area contributed by atoms with Crippen LogP contribution in [0.4, 0.5) is 5.82 Å². The Morgan fingerprint density at radius 2 is 2.05 bits per heavy atom. The molecule has 1 fully saturated rings. The zero-order valence-electron chi connectivity index (χ0n) is 11.8. The average molecular weight is 295 g/mol. The Morgan fingerprint density at radius 1 is 1.40 bits per heavy atom. The summed E-state index contributed by atoms with van der Waals surface area (Å²) in [7, 11) is 0. The average Bonchev–Trinajstić information content (AvgIpc) is 2.38. The molecule has 2 rings (SSSR count). The molecule has 1 aromatic rings. The molecular formula is C14H19ClN4O. The predicted octanol–water partition coefficient (Wildman–Crippen LogP) is 1.50. The Balaban J connectivity index is 2.03. The van der Waals surface area contributed by atoms with E-state index in [9.17, 15) is 5.11 Å². The Hall–Kier alpha value is -1.35. The van der Waals surface area contributed by atoms with Crippen LogP contribution in [0, 0.1) is 11.3 Å².